The molecule has 0 radical (unpaired) electrons. The molecule has 4 aromatic rings. The van der Waals surface area contributed by atoms with Crippen molar-refractivity contribution in [2.45, 2.75) is 19.4 Å². The molecular formula is C26H19BrN4O4. The molecule has 0 fully saturated rings. The Morgan fingerprint density at radius 1 is 1.09 bits per heavy atom. The van der Waals surface area contributed by atoms with Crippen LogP contribution in [0.2, 0.25) is 0 Å². The van der Waals surface area contributed by atoms with Gasteiger partial charge in [-0.1, -0.05) is 58.4 Å². The molecule has 0 aliphatic carbocycles. The van der Waals surface area contributed by atoms with Gasteiger partial charge in [-0.25, -0.2) is 5.01 Å². The first kappa shape index (κ1) is 22.7. The SMILES string of the molecule is CC(=O)N1N=C(c2c(-c3ccccc3)c3cc(Br)ccc3[nH]c2=O)CC1c1cccc([N+](=O)[O-])c1. The number of hydrogen-bond acceptors (Lipinski definition) is 5. The number of pyridine rings is 1. The van der Waals surface area contributed by atoms with Crippen LogP contribution in [0.4, 0.5) is 5.69 Å². The van der Waals surface area contributed by atoms with Crippen molar-refractivity contribution in [2.75, 3.05) is 0 Å². The number of hydrogen-bond donors (Lipinski definition) is 1. The summed E-state index contributed by atoms with van der Waals surface area (Å²) in [4.78, 5) is 39.7. The molecule has 2 heterocycles. The number of carbonyl (C=O) groups excluding carboxylic acids is 1. The number of nitro groups is 1. The van der Waals surface area contributed by atoms with Crippen LogP contribution < -0.4 is 5.56 Å². The highest BCUT2D eigenvalue weighted by molar-refractivity contribution is 9.10. The first-order valence-electron chi connectivity index (χ1n) is 10.9. The summed E-state index contributed by atoms with van der Waals surface area (Å²) in [5.74, 6) is -0.322. The molecule has 35 heavy (non-hydrogen) atoms. The van der Waals surface area contributed by atoms with Gasteiger partial charge in [-0.2, -0.15) is 5.10 Å². The van der Waals surface area contributed by atoms with Crippen LogP contribution in [0.1, 0.15) is 30.5 Å². The van der Waals surface area contributed by atoms with E-state index in [0.717, 1.165) is 15.4 Å². The zero-order valence-electron chi connectivity index (χ0n) is 18.6. The Morgan fingerprint density at radius 3 is 2.57 bits per heavy atom. The Bertz CT molecular complexity index is 1580. The quantitative estimate of drug-likeness (QED) is 0.275. The van der Waals surface area contributed by atoms with Crippen molar-refractivity contribution in [3.8, 4) is 11.1 Å². The number of aromatic nitrogens is 1. The molecule has 1 aliphatic heterocycles. The second kappa shape index (κ2) is 8.92. The standard InChI is InChI=1S/C26H19BrN4O4/c1-15(32)30-23(17-8-5-9-19(12-17)31(34)35)14-22(29-30)25-24(16-6-3-2-4-7-16)20-13-18(27)10-11-21(20)28-26(25)33/h2-13,23H,14H2,1H3,(H,28,33). The molecule has 1 aromatic heterocycles. The van der Waals surface area contributed by atoms with Crippen molar-refractivity contribution < 1.29 is 9.72 Å². The molecule has 3 aromatic carbocycles. The monoisotopic (exact) mass is 530 g/mol. The van der Waals surface area contributed by atoms with Gasteiger partial charge in [-0.05, 0) is 29.3 Å². The Labute approximate surface area is 208 Å². The van der Waals surface area contributed by atoms with Gasteiger partial charge in [0, 0.05) is 46.4 Å². The van der Waals surface area contributed by atoms with E-state index in [4.69, 9.17) is 0 Å². The lowest BCUT2D eigenvalue weighted by atomic mass is 9.91. The Balaban J connectivity index is 1.72. The highest BCUT2D eigenvalue weighted by Crippen LogP contribution is 2.38. The van der Waals surface area contributed by atoms with E-state index in [1.807, 2.05) is 48.5 Å². The Morgan fingerprint density at radius 2 is 1.86 bits per heavy atom. The Kier molecular flexibility index (Phi) is 5.78. The maximum absolute atomic E-state index is 13.4. The van der Waals surface area contributed by atoms with Crippen LogP contribution >= 0.6 is 15.9 Å². The maximum Gasteiger partial charge on any atom is 0.269 e. The number of nitrogens with one attached hydrogen (secondary N) is 1. The predicted molar refractivity (Wildman–Crippen MR) is 137 cm³/mol. The molecule has 0 saturated heterocycles. The van der Waals surface area contributed by atoms with Gasteiger partial charge in [0.15, 0.2) is 0 Å². The van der Waals surface area contributed by atoms with Crippen molar-refractivity contribution in [1.82, 2.24) is 9.99 Å². The number of amides is 1. The average molecular weight is 531 g/mol. The van der Waals surface area contributed by atoms with E-state index in [9.17, 15) is 19.7 Å². The lowest BCUT2D eigenvalue weighted by Gasteiger charge is -2.20. The largest absolute Gasteiger partial charge is 0.321 e. The minimum atomic E-state index is -0.566. The summed E-state index contributed by atoms with van der Waals surface area (Å²) in [5, 5.41) is 18.0. The van der Waals surface area contributed by atoms with Gasteiger partial charge in [0.05, 0.1) is 22.2 Å². The van der Waals surface area contributed by atoms with Crippen molar-refractivity contribution in [2.24, 2.45) is 5.10 Å². The van der Waals surface area contributed by atoms with Crippen molar-refractivity contribution in [3.63, 3.8) is 0 Å². The third-order valence-corrected chi connectivity index (χ3v) is 6.52. The molecule has 174 valence electrons. The summed E-state index contributed by atoms with van der Waals surface area (Å²) >= 11 is 3.52. The number of nitro benzene ring substituents is 1. The topological polar surface area (TPSA) is 109 Å². The van der Waals surface area contributed by atoms with E-state index in [0.29, 0.717) is 27.9 Å². The number of hydrazone groups is 1. The molecule has 0 saturated carbocycles. The number of rotatable bonds is 4. The highest BCUT2D eigenvalue weighted by atomic mass is 79.9. The minimum Gasteiger partial charge on any atom is -0.321 e. The third kappa shape index (κ3) is 4.15. The summed E-state index contributed by atoms with van der Waals surface area (Å²) in [7, 11) is 0. The number of nitrogens with zero attached hydrogens (tertiary/aromatic N) is 3. The molecule has 0 spiro atoms. The predicted octanol–water partition coefficient (Wildman–Crippen LogP) is 5.56. The Hall–Kier alpha value is -4.11. The molecule has 1 amide bonds. The van der Waals surface area contributed by atoms with E-state index >= 15 is 0 Å². The van der Waals surface area contributed by atoms with Crippen molar-refractivity contribution in [3.05, 3.63) is 109 Å². The van der Waals surface area contributed by atoms with Gasteiger partial charge >= 0.3 is 0 Å². The summed E-state index contributed by atoms with van der Waals surface area (Å²) in [6, 6.07) is 20.8. The van der Waals surface area contributed by atoms with E-state index in [2.05, 4.69) is 26.0 Å². The summed E-state index contributed by atoms with van der Waals surface area (Å²) in [6.45, 7) is 1.39. The van der Waals surface area contributed by atoms with E-state index in [1.165, 1.54) is 24.1 Å². The van der Waals surface area contributed by atoms with Crippen LogP contribution in [0, 0.1) is 10.1 Å². The molecule has 5 rings (SSSR count). The number of benzene rings is 3. The lowest BCUT2D eigenvalue weighted by Crippen LogP contribution is -2.24. The van der Waals surface area contributed by atoms with Crippen LogP contribution in [-0.2, 0) is 4.79 Å². The minimum absolute atomic E-state index is 0.0715. The fourth-order valence-electron chi connectivity index (χ4n) is 4.50. The number of H-pyrrole nitrogens is 1. The first-order chi connectivity index (χ1) is 16.8. The molecule has 8 nitrogen and oxygen atoms in total. The van der Waals surface area contributed by atoms with Gasteiger partial charge in [0.2, 0.25) is 5.91 Å². The van der Waals surface area contributed by atoms with E-state index in [1.54, 1.807) is 12.1 Å². The normalized spacial score (nSPS) is 15.3. The van der Waals surface area contributed by atoms with Crippen molar-refractivity contribution >= 4 is 44.1 Å². The second-order valence-electron chi connectivity index (χ2n) is 8.24. The van der Waals surface area contributed by atoms with Crippen LogP contribution in [0.5, 0.6) is 0 Å². The summed E-state index contributed by atoms with van der Waals surface area (Å²) in [6.07, 6.45) is 0.239. The zero-order valence-corrected chi connectivity index (χ0v) is 20.2. The smallest absolute Gasteiger partial charge is 0.269 e. The number of aromatic amines is 1. The first-order valence-corrected chi connectivity index (χ1v) is 11.7. The highest BCUT2D eigenvalue weighted by Gasteiger charge is 2.34. The van der Waals surface area contributed by atoms with Crippen LogP contribution in [0.3, 0.4) is 0 Å². The van der Waals surface area contributed by atoms with Gasteiger partial charge in [-0.3, -0.25) is 19.7 Å². The van der Waals surface area contributed by atoms with Gasteiger partial charge in [-0.15, -0.1) is 0 Å². The number of halogens is 1. The van der Waals surface area contributed by atoms with Crippen LogP contribution in [0.15, 0.2) is 87.2 Å². The second-order valence-corrected chi connectivity index (χ2v) is 9.16. The number of non-ortho nitro benzene ring substituents is 1. The zero-order chi connectivity index (χ0) is 24.7. The average Bonchev–Trinajstić information content (AvgIpc) is 3.29. The summed E-state index contributed by atoms with van der Waals surface area (Å²) < 4.78 is 0.855. The van der Waals surface area contributed by atoms with E-state index in [-0.39, 0.29) is 23.6 Å². The molecule has 0 bridgehead atoms. The fraction of sp³-hybridized carbons (Fsp3) is 0.115. The summed E-state index contributed by atoms with van der Waals surface area (Å²) in [5.41, 5.74) is 3.24. The van der Waals surface area contributed by atoms with Gasteiger partial charge < -0.3 is 4.98 Å². The maximum atomic E-state index is 13.4. The van der Waals surface area contributed by atoms with Crippen LogP contribution in [0.25, 0.3) is 22.0 Å². The fourth-order valence-corrected chi connectivity index (χ4v) is 4.86. The molecule has 1 atom stereocenters. The molecular weight excluding hydrogens is 512 g/mol. The van der Waals surface area contributed by atoms with Crippen LogP contribution in [-0.4, -0.2) is 26.5 Å². The van der Waals surface area contributed by atoms with Crippen molar-refractivity contribution in [1.29, 1.82) is 0 Å². The van der Waals surface area contributed by atoms with Gasteiger partial charge in [0.1, 0.15) is 0 Å². The molecule has 1 unspecified atom stereocenters. The van der Waals surface area contributed by atoms with Gasteiger partial charge in [0.25, 0.3) is 11.2 Å². The molecule has 1 N–H and O–H groups in total. The lowest BCUT2D eigenvalue weighted by molar-refractivity contribution is -0.384. The third-order valence-electron chi connectivity index (χ3n) is 6.03. The molecule has 9 heteroatoms. The molecule has 1 aliphatic rings. The number of fused-ring (bicyclic) bond motifs is 1. The van der Waals surface area contributed by atoms with E-state index < -0.39 is 11.0 Å². The number of carbonyl (C=O) groups is 1.